The number of aryl methyl sites for hydroxylation is 1. The predicted molar refractivity (Wildman–Crippen MR) is 108 cm³/mol. The highest BCUT2D eigenvalue weighted by atomic mass is 79.9. The Morgan fingerprint density at radius 2 is 1.96 bits per heavy atom. The molecule has 0 unspecified atom stereocenters. The molecule has 4 nitrogen and oxygen atoms in total. The van der Waals surface area contributed by atoms with Crippen LogP contribution >= 0.6 is 15.9 Å². The number of hydrogen-bond acceptors (Lipinski definition) is 3. The summed E-state index contributed by atoms with van der Waals surface area (Å²) in [5, 5.41) is 2.96. The van der Waals surface area contributed by atoms with Crippen molar-refractivity contribution >= 4 is 38.9 Å². The lowest BCUT2D eigenvalue weighted by atomic mass is 10.0. The first kappa shape index (κ1) is 17.8. The highest BCUT2D eigenvalue weighted by Gasteiger charge is 2.21. The minimum Gasteiger partial charge on any atom is -0.397 e. The number of nitrogens with two attached hydrogens (primary N) is 1. The molecule has 0 aromatic heterocycles. The lowest BCUT2D eigenvalue weighted by Crippen LogP contribution is -2.37. The predicted octanol–water partition coefficient (Wildman–Crippen LogP) is 4.97. The first-order valence-corrected chi connectivity index (χ1v) is 9.48. The zero-order valence-electron chi connectivity index (χ0n) is 14.7. The van der Waals surface area contributed by atoms with Crippen LogP contribution in [0, 0.1) is 6.92 Å². The van der Waals surface area contributed by atoms with Crippen LogP contribution < -0.4 is 16.0 Å². The Hall–Kier alpha value is -2.01. The smallest absolute Gasteiger partial charge is 0.255 e. The van der Waals surface area contributed by atoms with Gasteiger partial charge in [-0.05, 0) is 75.1 Å². The molecule has 1 atom stereocenters. The number of piperidine rings is 1. The molecule has 132 valence electrons. The largest absolute Gasteiger partial charge is 0.397 e. The average Bonchev–Trinajstić information content (AvgIpc) is 2.58. The van der Waals surface area contributed by atoms with Crippen molar-refractivity contribution in [2.45, 2.75) is 39.2 Å². The topological polar surface area (TPSA) is 58.4 Å². The number of nitrogens with one attached hydrogen (secondary N) is 1. The quantitative estimate of drug-likeness (QED) is 0.713. The Morgan fingerprint density at radius 1 is 1.24 bits per heavy atom. The Balaban J connectivity index is 1.87. The van der Waals surface area contributed by atoms with E-state index in [0.717, 1.165) is 22.3 Å². The van der Waals surface area contributed by atoms with Gasteiger partial charge in [-0.15, -0.1) is 0 Å². The zero-order valence-corrected chi connectivity index (χ0v) is 16.3. The second-order valence-corrected chi connectivity index (χ2v) is 7.64. The summed E-state index contributed by atoms with van der Waals surface area (Å²) in [6.45, 7) is 5.38. The van der Waals surface area contributed by atoms with Gasteiger partial charge in [0.2, 0.25) is 0 Å². The van der Waals surface area contributed by atoms with Crippen molar-refractivity contribution < 1.29 is 4.79 Å². The van der Waals surface area contributed by atoms with E-state index >= 15 is 0 Å². The highest BCUT2D eigenvalue weighted by molar-refractivity contribution is 9.10. The van der Waals surface area contributed by atoms with Crippen LogP contribution in [0.25, 0.3) is 0 Å². The molecule has 0 spiro atoms. The molecule has 1 heterocycles. The molecule has 3 rings (SSSR count). The molecule has 1 fully saturated rings. The van der Waals surface area contributed by atoms with Gasteiger partial charge in [-0.1, -0.05) is 15.9 Å². The van der Waals surface area contributed by atoms with Gasteiger partial charge in [0.15, 0.2) is 0 Å². The normalized spacial score (nSPS) is 17.4. The third-order valence-electron chi connectivity index (χ3n) is 4.84. The molecule has 3 N–H and O–H groups in total. The van der Waals surface area contributed by atoms with Gasteiger partial charge in [-0.2, -0.15) is 0 Å². The minimum absolute atomic E-state index is 0.152. The second-order valence-electron chi connectivity index (χ2n) is 6.73. The summed E-state index contributed by atoms with van der Waals surface area (Å²) in [5.41, 5.74) is 10.3. The standard InChI is InChI=1S/C20H24BrN3O/c1-13-11-17(22)18(12-19(13)24-10-4-3-5-14(24)2)23-20(25)15-6-8-16(21)9-7-15/h6-9,11-12,14H,3-5,10,22H2,1-2H3,(H,23,25)/t14-/m1/s1. The molecular weight excluding hydrogens is 378 g/mol. The highest BCUT2D eigenvalue weighted by Crippen LogP contribution is 2.33. The summed E-state index contributed by atoms with van der Waals surface area (Å²) in [6, 6.07) is 11.8. The van der Waals surface area contributed by atoms with Gasteiger partial charge in [0.05, 0.1) is 11.4 Å². The summed E-state index contributed by atoms with van der Waals surface area (Å²) in [5.74, 6) is -0.152. The number of benzene rings is 2. The van der Waals surface area contributed by atoms with Crippen molar-refractivity contribution in [1.29, 1.82) is 0 Å². The van der Waals surface area contributed by atoms with E-state index in [1.165, 1.54) is 19.3 Å². The van der Waals surface area contributed by atoms with E-state index in [9.17, 15) is 4.79 Å². The van der Waals surface area contributed by atoms with Crippen LogP contribution in [0.2, 0.25) is 0 Å². The number of rotatable bonds is 3. The van der Waals surface area contributed by atoms with Crippen molar-refractivity contribution in [2.24, 2.45) is 0 Å². The second kappa shape index (κ2) is 7.48. The summed E-state index contributed by atoms with van der Waals surface area (Å²) in [4.78, 5) is 14.9. The lowest BCUT2D eigenvalue weighted by Gasteiger charge is -2.36. The molecule has 2 aromatic rings. The van der Waals surface area contributed by atoms with E-state index in [1.807, 2.05) is 24.3 Å². The maximum atomic E-state index is 12.5. The van der Waals surface area contributed by atoms with Crippen molar-refractivity contribution in [1.82, 2.24) is 0 Å². The van der Waals surface area contributed by atoms with Gasteiger partial charge in [0, 0.05) is 28.3 Å². The van der Waals surface area contributed by atoms with Crippen molar-refractivity contribution in [3.05, 3.63) is 52.0 Å². The Kier molecular flexibility index (Phi) is 5.33. The van der Waals surface area contributed by atoms with Crippen LogP contribution in [-0.2, 0) is 0 Å². The fraction of sp³-hybridized carbons (Fsp3) is 0.350. The molecule has 0 aliphatic carbocycles. The third kappa shape index (κ3) is 3.98. The molecule has 0 bridgehead atoms. The summed E-state index contributed by atoms with van der Waals surface area (Å²) < 4.78 is 0.945. The van der Waals surface area contributed by atoms with Gasteiger partial charge >= 0.3 is 0 Å². The number of nitrogens with zero attached hydrogens (tertiary/aromatic N) is 1. The van der Waals surface area contributed by atoms with E-state index in [4.69, 9.17) is 5.73 Å². The molecule has 2 aromatic carbocycles. The van der Waals surface area contributed by atoms with Crippen LogP contribution in [0.15, 0.2) is 40.9 Å². The summed E-state index contributed by atoms with van der Waals surface area (Å²) in [6.07, 6.45) is 3.68. The molecule has 1 saturated heterocycles. The fourth-order valence-electron chi connectivity index (χ4n) is 3.39. The van der Waals surface area contributed by atoms with Gasteiger partial charge in [0.25, 0.3) is 5.91 Å². The van der Waals surface area contributed by atoms with Crippen LogP contribution in [0.4, 0.5) is 17.1 Å². The van der Waals surface area contributed by atoms with E-state index < -0.39 is 0 Å². The SMILES string of the molecule is Cc1cc(N)c(NC(=O)c2ccc(Br)cc2)cc1N1CCCC[C@H]1C. The first-order valence-electron chi connectivity index (χ1n) is 8.69. The number of amides is 1. The number of halogens is 1. The van der Waals surface area contributed by atoms with Gasteiger partial charge in [0.1, 0.15) is 0 Å². The van der Waals surface area contributed by atoms with E-state index in [-0.39, 0.29) is 5.91 Å². The monoisotopic (exact) mass is 401 g/mol. The lowest BCUT2D eigenvalue weighted by molar-refractivity contribution is 0.102. The number of carbonyl (C=O) groups excluding carboxylic acids is 1. The van der Waals surface area contributed by atoms with E-state index in [0.29, 0.717) is 23.0 Å². The van der Waals surface area contributed by atoms with Crippen LogP contribution in [0.3, 0.4) is 0 Å². The minimum atomic E-state index is -0.152. The molecule has 1 aliphatic heterocycles. The van der Waals surface area contributed by atoms with E-state index in [2.05, 4.69) is 40.0 Å². The average molecular weight is 402 g/mol. The number of nitrogen functional groups attached to an aromatic ring is 1. The molecule has 5 heteroatoms. The Morgan fingerprint density at radius 3 is 2.64 bits per heavy atom. The summed E-state index contributed by atoms with van der Waals surface area (Å²) in [7, 11) is 0. The number of anilines is 3. The molecule has 25 heavy (non-hydrogen) atoms. The van der Waals surface area contributed by atoms with Crippen molar-refractivity contribution in [3.8, 4) is 0 Å². The third-order valence-corrected chi connectivity index (χ3v) is 5.36. The first-order chi connectivity index (χ1) is 12.0. The van der Waals surface area contributed by atoms with Crippen LogP contribution in [-0.4, -0.2) is 18.5 Å². The van der Waals surface area contributed by atoms with Gasteiger partial charge in [-0.3, -0.25) is 4.79 Å². The molecule has 1 amide bonds. The number of carbonyl (C=O) groups is 1. The van der Waals surface area contributed by atoms with Crippen molar-refractivity contribution in [2.75, 3.05) is 22.5 Å². The van der Waals surface area contributed by atoms with Gasteiger partial charge < -0.3 is 16.0 Å². The van der Waals surface area contributed by atoms with E-state index in [1.54, 1.807) is 12.1 Å². The maximum absolute atomic E-state index is 12.5. The Bertz CT molecular complexity index is 773. The van der Waals surface area contributed by atoms with Crippen LogP contribution in [0.5, 0.6) is 0 Å². The zero-order chi connectivity index (χ0) is 18.0. The molecule has 1 aliphatic rings. The van der Waals surface area contributed by atoms with Crippen molar-refractivity contribution in [3.63, 3.8) is 0 Å². The van der Waals surface area contributed by atoms with Crippen LogP contribution in [0.1, 0.15) is 42.1 Å². The Labute approximate surface area is 157 Å². The summed E-state index contributed by atoms with van der Waals surface area (Å²) >= 11 is 3.38. The maximum Gasteiger partial charge on any atom is 0.255 e. The van der Waals surface area contributed by atoms with Gasteiger partial charge in [-0.25, -0.2) is 0 Å². The molecular formula is C20H24BrN3O. The molecule has 0 saturated carbocycles. The number of hydrogen-bond donors (Lipinski definition) is 2. The molecule has 0 radical (unpaired) electrons. The fourth-order valence-corrected chi connectivity index (χ4v) is 3.65.